The first-order chi connectivity index (χ1) is 9.24. The van der Waals surface area contributed by atoms with Gasteiger partial charge in [0.05, 0.1) is 7.11 Å². The maximum atomic E-state index is 5.32. The summed E-state index contributed by atoms with van der Waals surface area (Å²) >= 11 is 0. The maximum absolute atomic E-state index is 5.32. The van der Waals surface area contributed by atoms with Gasteiger partial charge in [-0.05, 0) is 63.5 Å². The molecule has 0 saturated carbocycles. The minimum atomic E-state index is 0.467. The molecule has 2 rings (SSSR count). The van der Waals surface area contributed by atoms with E-state index in [0.717, 1.165) is 18.2 Å². The molecule has 0 unspecified atom stereocenters. The average molecular weight is 262 g/mol. The highest BCUT2D eigenvalue weighted by molar-refractivity contribution is 5.30. The molecule has 1 saturated heterocycles. The fourth-order valence-electron chi connectivity index (χ4n) is 3.02. The molecule has 0 radical (unpaired) electrons. The number of rotatable bonds is 5. The first-order valence-corrected chi connectivity index (χ1v) is 7.27. The van der Waals surface area contributed by atoms with Gasteiger partial charge in [0.2, 0.25) is 0 Å². The predicted molar refractivity (Wildman–Crippen MR) is 79.6 cm³/mol. The third-order valence-electron chi connectivity index (χ3n) is 4.17. The van der Waals surface area contributed by atoms with Crippen LogP contribution < -0.4 is 10.1 Å². The van der Waals surface area contributed by atoms with Gasteiger partial charge in [-0.15, -0.1) is 0 Å². The quantitative estimate of drug-likeness (QED) is 0.883. The van der Waals surface area contributed by atoms with Crippen molar-refractivity contribution in [1.82, 2.24) is 10.2 Å². The molecule has 1 aromatic carbocycles. The lowest BCUT2D eigenvalue weighted by Gasteiger charge is -2.37. The topological polar surface area (TPSA) is 24.5 Å². The third kappa shape index (κ3) is 3.71. The van der Waals surface area contributed by atoms with Crippen LogP contribution in [-0.2, 0) is 0 Å². The lowest BCUT2D eigenvalue weighted by atomic mass is 9.95. The number of benzene rings is 1. The van der Waals surface area contributed by atoms with Crippen molar-refractivity contribution in [3.63, 3.8) is 0 Å². The Bertz CT molecular complexity index is 392. The Balaban J connectivity index is 2.03. The van der Waals surface area contributed by atoms with Crippen molar-refractivity contribution < 1.29 is 4.74 Å². The molecule has 0 aliphatic carbocycles. The largest absolute Gasteiger partial charge is 0.497 e. The molecule has 3 heteroatoms. The summed E-state index contributed by atoms with van der Waals surface area (Å²) in [5.74, 6) is 1.74. The van der Waals surface area contributed by atoms with Gasteiger partial charge in [-0.2, -0.15) is 0 Å². The Labute approximate surface area is 116 Å². The van der Waals surface area contributed by atoms with Crippen molar-refractivity contribution in [3.8, 4) is 5.75 Å². The highest BCUT2D eigenvalue weighted by Gasteiger charge is 2.23. The second-order valence-electron chi connectivity index (χ2n) is 5.51. The number of methoxy groups -OCH3 is 1. The summed E-state index contributed by atoms with van der Waals surface area (Å²) in [6.45, 7) is 5.83. The number of nitrogens with zero attached hydrogens (tertiary/aromatic N) is 1. The molecular formula is C16H26N2O. The number of piperidine rings is 1. The minimum absolute atomic E-state index is 0.467. The Hall–Kier alpha value is -1.06. The van der Waals surface area contributed by atoms with Crippen LogP contribution in [0, 0.1) is 5.92 Å². The van der Waals surface area contributed by atoms with E-state index in [4.69, 9.17) is 4.74 Å². The second-order valence-corrected chi connectivity index (χ2v) is 5.51. The smallest absolute Gasteiger partial charge is 0.119 e. The lowest BCUT2D eigenvalue weighted by molar-refractivity contribution is 0.131. The molecule has 0 amide bonds. The molecule has 1 aliphatic heterocycles. The number of ether oxygens (including phenoxy) is 1. The van der Waals surface area contributed by atoms with Gasteiger partial charge in [0.1, 0.15) is 5.75 Å². The molecule has 0 spiro atoms. The highest BCUT2D eigenvalue weighted by Crippen LogP contribution is 2.28. The molecule has 0 aromatic heterocycles. The molecule has 2 atom stereocenters. The van der Waals surface area contributed by atoms with E-state index >= 15 is 0 Å². The van der Waals surface area contributed by atoms with Crippen LogP contribution in [0.3, 0.4) is 0 Å². The molecule has 1 aromatic rings. The first-order valence-electron chi connectivity index (χ1n) is 7.27. The van der Waals surface area contributed by atoms with Crippen molar-refractivity contribution in [2.24, 2.45) is 5.92 Å². The summed E-state index contributed by atoms with van der Waals surface area (Å²) < 4.78 is 5.32. The first kappa shape index (κ1) is 14.4. The summed E-state index contributed by atoms with van der Waals surface area (Å²) in [7, 11) is 3.78. The second kappa shape index (κ2) is 6.92. The van der Waals surface area contributed by atoms with Crippen LogP contribution in [0.1, 0.15) is 31.4 Å². The molecular weight excluding hydrogens is 236 g/mol. The Kier molecular flexibility index (Phi) is 5.23. The molecule has 19 heavy (non-hydrogen) atoms. The lowest BCUT2D eigenvalue weighted by Crippen LogP contribution is -2.40. The van der Waals surface area contributed by atoms with Crippen molar-refractivity contribution in [2.75, 3.05) is 33.8 Å². The van der Waals surface area contributed by atoms with Crippen molar-refractivity contribution in [2.45, 2.75) is 25.8 Å². The van der Waals surface area contributed by atoms with Crippen LogP contribution in [0.5, 0.6) is 5.75 Å². The van der Waals surface area contributed by atoms with E-state index < -0.39 is 0 Å². The monoisotopic (exact) mass is 262 g/mol. The van der Waals surface area contributed by atoms with E-state index in [1.807, 2.05) is 13.1 Å². The fourth-order valence-corrected chi connectivity index (χ4v) is 3.02. The Morgan fingerprint density at radius 2 is 2.32 bits per heavy atom. The van der Waals surface area contributed by atoms with Crippen molar-refractivity contribution >= 4 is 0 Å². The number of hydrogen-bond acceptors (Lipinski definition) is 3. The van der Waals surface area contributed by atoms with E-state index in [1.165, 1.54) is 31.5 Å². The molecule has 106 valence electrons. The van der Waals surface area contributed by atoms with Gasteiger partial charge >= 0.3 is 0 Å². The number of hydrogen-bond donors (Lipinski definition) is 1. The molecule has 1 N–H and O–H groups in total. The summed E-state index contributed by atoms with van der Waals surface area (Å²) in [4.78, 5) is 2.60. The normalized spacial score (nSPS) is 22.2. The zero-order chi connectivity index (χ0) is 13.7. The SMILES string of the molecule is CNC[C@H]1CCCN([C@H](C)c2cccc(OC)c2)C1. The third-order valence-corrected chi connectivity index (χ3v) is 4.17. The Morgan fingerprint density at radius 3 is 3.05 bits per heavy atom. The fraction of sp³-hybridized carbons (Fsp3) is 0.625. The van der Waals surface area contributed by atoms with E-state index in [0.29, 0.717) is 6.04 Å². The summed E-state index contributed by atoms with van der Waals surface area (Å²) in [5.41, 5.74) is 1.35. The van der Waals surface area contributed by atoms with Crippen LogP contribution in [0.2, 0.25) is 0 Å². The number of likely N-dealkylation sites (tertiary alicyclic amines) is 1. The van der Waals surface area contributed by atoms with Crippen LogP contribution in [-0.4, -0.2) is 38.7 Å². The van der Waals surface area contributed by atoms with Gasteiger partial charge in [0.25, 0.3) is 0 Å². The van der Waals surface area contributed by atoms with Crippen LogP contribution in [0.25, 0.3) is 0 Å². The summed E-state index contributed by atoms with van der Waals surface area (Å²) in [6.07, 6.45) is 2.66. The maximum Gasteiger partial charge on any atom is 0.119 e. The minimum Gasteiger partial charge on any atom is -0.497 e. The predicted octanol–water partition coefficient (Wildman–Crippen LogP) is 2.69. The zero-order valence-corrected chi connectivity index (χ0v) is 12.4. The average Bonchev–Trinajstić information content (AvgIpc) is 2.47. The van der Waals surface area contributed by atoms with E-state index in [2.05, 4.69) is 35.3 Å². The Morgan fingerprint density at radius 1 is 1.47 bits per heavy atom. The summed E-state index contributed by atoms with van der Waals surface area (Å²) in [5, 5.41) is 3.31. The van der Waals surface area contributed by atoms with Gasteiger partial charge in [0.15, 0.2) is 0 Å². The van der Waals surface area contributed by atoms with Crippen LogP contribution in [0.15, 0.2) is 24.3 Å². The highest BCUT2D eigenvalue weighted by atomic mass is 16.5. The van der Waals surface area contributed by atoms with Gasteiger partial charge in [-0.25, -0.2) is 0 Å². The van der Waals surface area contributed by atoms with Crippen LogP contribution in [0.4, 0.5) is 0 Å². The molecule has 1 aliphatic rings. The molecule has 1 fully saturated rings. The van der Waals surface area contributed by atoms with Crippen molar-refractivity contribution in [1.29, 1.82) is 0 Å². The van der Waals surface area contributed by atoms with Gasteiger partial charge in [-0.1, -0.05) is 12.1 Å². The molecule has 1 heterocycles. The van der Waals surface area contributed by atoms with E-state index in [9.17, 15) is 0 Å². The van der Waals surface area contributed by atoms with Crippen LogP contribution >= 0.6 is 0 Å². The zero-order valence-electron chi connectivity index (χ0n) is 12.4. The molecule has 0 bridgehead atoms. The van der Waals surface area contributed by atoms with Gasteiger partial charge in [0, 0.05) is 12.6 Å². The summed E-state index contributed by atoms with van der Waals surface area (Å²) in [6, 6.07) is 8.92. The van der Waals surface area contributed by atoms with Gasteiger partial charge < -0.3 is 10.1 Å². The standard InChI is InChI=1S/C16H26N2O/c1-13(15-7-4-8-16(10-15)19-3)18-9-5-6-14(12-18)11-17-2/h4,7-8,10,13-14,17H,5-6,9,11-12H2,1-3H3/t13-,14-/m1/s1. The molecule has 3 nitrogen and oxygen atoms in total. The number of nitrogens with one attached hydrogen (secondary N) is 1. The van der Waals surface area contributed by atoms with E-state index in [-0.39, 0.29) is 0 Å². The van der Waals surface area contributed by atoms with Gasteiger partial charge in [-0.3, -0.25) is 4.90 Å². The van der Waals surface area contributed by atoms with E-state index in [1.54, 1.807) is 7.11 Å². The van der Waals surface area contributed by atoms with Crippen molar-refractivity contribution in [3.05, 3.63) is 29.8 Å².